The van der Waals surface area contributed by atoms with Gasteiger partial charge in [0, 0.05) is 58.5 Å². The summed E-state index contributed by atoms with van der Waals surface area (Å²) >= 11 is 11.5. The number of nitrogens with zero attached hydrogens (tertiary/aromatic N) is 5. The fraction of sp³-hybridized carbons (Fsp3) is 0.556. The van der Waals surface area contributed by atoms with Crippen molar-refractivity contribution >= 4 is 71.9 Å². The fourth-order valence-corrected chi connectivity index (χ4v) is 6.83. The second-order valence-corrected chi connectivity index (χ2v) is 18.1. The molecular weight excluding hydrogens is 796 g/mol. The van der Waals surface area contributed by atoms with Crippen LogP contribution in [-0.2, 0) is 15.2 Å². The molecule has 20 heteroatoms. The van der Waals surface area contributed by atoms with Crippen molar-refractivity contribution in [3.05, 3.63) is 56.6 Å². The maximum atomic E-state index is 15.5. The Labute approximate surface area is 335 Å². The number of halogens is 4. The monoisotopic (exact) mass is 844 g/mol. The number of amides is 4. The zero-order valence-corrected chi connectivity index (χ0v) is 34.9. The molecule has 308 valence electrons. The molecule has 0 saturated carbocycles. The SMILES string of the molecule is CC(C)(C)OC(=O)N1CCC(F)(C(=O)Nc2cnc(Cl)cc2C(N)=O)CC1.CC(C)(C)PC(=O)N1CCC(F)(c2nc3cnc(Cl)cc3c(=O)[nH]2)CC1.CCO. The van der Waals surface area contributed by atoms with Crippen molar-refractivity contribution in [1.82, 2.24) is 29.7 Å². The molecule has 2 aliphatic heterocycles. The zero-order chi connectivity index (χ0) is 42.2. The number of anilines is 1. The van der Waals surface area contributed by atoms with Crippen LogP contribution >= 0.6 is 31.8 Å². The molecule has 0 bridgehead atoms. The van der Waals surface area contributed by atoms with Gasteiger partial charge in [-0.15, -0.1) is 0 Å². The lowest BCUT2D eigenvalue weighted by molar-refractivity contribution is -0.130. The number of primary amides is 1. The number of pyridine rings is 2. The van der Waals surface area contributed by atoms with Gasteiger partial charge < -0.3 is 35.7 Å². The highest BCUT2D eigenvalue weighted by molar-refractivity contribution is 7.59. The van der Waals surface area contributed by atoms with Crippen LogP contribution in [-0.4, -0.2) is 108 Å². The summed E-state index contributed by atoms with van der Waals surface area (Å²) in [6.45, 7) is 13.8. The molecule has 4 amide bonds. The summed E-state index contributed by atoms with van der Waals surface area (Å²) in [6, 6.07) is 2.60. The Hall–Kier alpha value is -4.05. The first-order chi connectivity index (χ1) is 25.9. The molecule has 1 atom stereocenters. The Bertz CT molecular complexity index is 1960. The van der Waals surface area contributed by atoms with Gasteiger partial charge in [-0.25, -0.2) is 28.5 Å². The molecule has 5 heterocycles. The van der Waals surface area contributed by atoms with Gasteiger partial charge in [0.25, 0.3) is 17.4 Å². The number of piperidine rings is 2. The van der Waals surface area contributed by atoms with Crippen molar-refractivity contribution < 1.29 is 37.8 Å². The van der Waals surface area contributed by atoms with Crippen molar-refractivity contribution in [3.63, 3.8) is 0 Å². The summed E-state index contributed by atoms with van der Waals surface area (Å²) < 4.78 is 35.8. The van der Waals surface area contributed by atoms with E-state index in [1.54, 1.807) is 32.6 Å². The van der Waals surface area contributed by atoms with Crippen LogP contribution in [0.1, 0.15) is 90.3 Å². The van der Waals surface area contributed by atoms with Gasteiger partial charge >= 0.3 is 6.09 Å². The molecule has 56 heavy (non-hydrogen) atoms. The molecule has 3 aromatic heterocycles. The fourth-order valence-electron chi connectivity index (χ4n) is 5.49. The van der Waals surface area contributed by atoms with Crippen LogP contribution in [0.5, 0.6) is 0 Å². The summed E-state index contributed by atoms with van der Waals surface area (Å²) in [6.07, 6.45) is 1.74. The number of aliphatic hydroxyl groups excluding tert-OH is 1. The zero-order valence-electron chi connectivity index (χ0n) is 32.4. The summed E-state index contributed by atoms with van der Waals surface area (Å²) in [5.74, 6) is -1.77. The average Bonchev–Trinajstić information content (AvgIpc) is 3.09. The van der Waals surface area contributed by atoms with Crippen LogP contribution in [0.2, 0.25) is 10.3 Å². The highest BCUT2D eigenvalue weighted by atomic mass is 35.5. The number of hydrogen-bond donors (Lipinski definition) is 4. The van der Waals surface area contributed by atoms with E-state index < -0.39 is 40.4 Å². The average molecular weight is 846 g/mol. The first kappa shape index (κ1) is 46.3. The van der Waals surface area contributed by atoms with Gasteiger partial charge in [-0.1, -0.05) is 44.0 Å². The number of H-pyrrole nitrogens is 1. The molecule has 2 aliphatic rings. The standard InChI is InChI=1S/C17H22ClFN4O4.C17H21ClFN4O2P.C2H6O/c1-16(2,3)27-15(26)23-6-4-17(19,5-7-23)14(25)22-11-9-21-12(18)8-10(11)13(20)24;1-16(2,3)26-15(25)23-6-4-17(19,5-7-23)14-21-11-9-20-12(18)8-10(11)13(24)22-14;1-2-3/h8-9H,4-7H2,1-3H3,(H2,20,24)(H,22,25);8-9,26H,4-7H2,1-3H3,(H,21,22,24);3H,2H2,1H3. The Morgan fingerprint density at radius 3 is 2.04 bits per heavy atom. The predicted molar refractivity (Wildman–Crippen MR) is 212 cm³/mol. The van der Waals surface area contributed by atoms with Gasteiger partial charge in [0.05, 0.1) is 34.5 Å². The van der Waals surface area contributed by atoms with Gasteiger partial charge in [0.2, 0.25) is 5.65 Å². The quantitative estimate of drug-likeness (QED) is 0.165. The minimum Gasteiger partial charge on any atom is -0.444 e. The van der Waals surface area contributed by atoms with Crippen molar-refractivity contribution in [3.8, 4) is 0 Å². The lowest BCUT2D eigenvalue weighted by atomic mass is 9.92. The molecule has 3 aromatic rings. The summed E-state index contributed by atoms with van der Waals surface area (Å²) in [5, 5.41) is 10.3. The molecular formula is C36H49Cl2F2N8O7P. The maximum Gasteiger partial charge on any atom is 0.410 e. The number of fused-ring (bicyclic) bond motifs is 1. The third kappa shape index (κ3) is 13.0. The number of rotatable bonds is 5. The van der Waals surface area contributed by atoms with E-state index in [1.165, 1.54) is 23.2 Å². The van der Waals surface area contributed by atoms with E-state index in [0.717, 1.165) is 6.20 Å². The number of nitrogens with two attached hydrogens (primary N) is 1. The predicted octanol–water partition coefficient (Wildman–Crippen LogP) is 6.34. The molecule has 5 N–H and O–H groups in total. The lowest BCUT2D eigenvalue weighted by Crippen LogP contribution is -2.51. The highest BCUT2D eigenvalue weighted by Gasteiger charge is 2.44. The van der Waals surface area contributed by atoms with E-state index in [9.17, 15) is 24.0 Å². The van der Waals surface area contributed by atoms with Crippen molar-refractivity contribution in [1.29, 1.82) is 0 Å². The number of hydrogen-bond acceptors (Lipinski definition) is 10. The van der Waals surface area contributed by atoms with Crippen LogP contribution in [0.3, 0.4) is 0 Å². The molecule has 0 radical (unpaired) electrons. The smallest absolute Gasteiger partial charge is 0.410 e. The second-order valence-electron chi connectivity index (χ2n) is 15.2. The van der Waals surface area contributed by atoms with Crippen LogP contribution in [0.4, 0.5) is 24.1 Å². The Morgan fingerprint density at radius 2 is 1.50 bits per heavy atom. The topological polar surface area (TPSA) is 214 Å². The maximum absolute atomic E-state index is 15.5. The van der Waals surface area contributed by atoms with E-state index in [4.69, 9.17) is 38.8 Å². The number of aromatic nitrogens is 4. The van der Waals surface area contributed by atoms with E-state index in [-0.39, 0.29) is 97.5 Å². The molecule has 0 aromatic carbocycles. The third-order valence-corrected chi connectivity index (χ3v) is 10.0. The summed E-state index contributed by atoms with van der Waals surface area (Å²) in [7, 11) is 0.149. The molecule has 2 saturated heterocycles. The Morgan fingerprint density at radius 1 is 0.964 bits per heavy atom. The summed E-state index contributed by atoms with van der Waals surface area (Å²) in [4.78, 5) is 78.0. The van der Waals surface area contributed by atoms with Crippen molar-refractivity contribution in [2.75, 3.05) is 38.1 Å². The summed E-state index contributed by atoms with van der Waals surface area (Å²) in [5.41, 5.74) is 0.429. The first-order valence-corrected chi connectivity index (χ1v) is 19.5. The molecule has 0 aliphatic carbocycles. The van der Waals surface area contributed by atoms with Gasteiger partial charge in [-0.2, -0.15) is 0 Å². The third-order valence-electron chi connectivity index (χ3n) is 8.31. The second kappa shape index (κ2) is 18.9. The number of alkyl halides is 2. The molecule has 2 fully saturated rings. The minimum atomic E-state index is -2.20. The number of aromatic amines is 1. The van der Waals surface area contributed by atoms with E-state index in [2.05, 4.69) is 25.3 Å². The Balaban J connectivity index is 0.000000281. The van der Waals surface area contributed by atoms with E-state index in [0.29, 0.717) is 18.6 Å². The van der Waals surface area contributed by atoms with Crippen LogP contribution in [0, 0.1) is 0 Å². The molecule has 0 spiro atoms. The molecule has 15 nitrogen and oxygen atoms in total. The largest absolute Gasteiger partial charge is 0.444 e. The highest BCUT2D eigenvalue weighted by Crippen LogP contribution is 2.39. The van der Waals surface area contributed by atoms with Gasteiger partial charge in [-0.3, -0.25) is 19.2 Å². The number of ether oxygens (including phenoxy) is 1. The lowest BCUT2D eigenvalue weighted by Gasteiger charge is -2.36. The number of likely N-dealkylation sites (tertiary alicyclic amines) is 2. The van der Waals surface area contributed by atoms with E-state index in [1.807, 2.05) is 20.8 Å². The number of aliphatic hydroxyl groups is 1. The molecule has 5 rings (SSSR count). The van der Waals surface area contributed by atoms with E-state index >= 15 is 8.78 Å². The number of carbonyl (C=O) groups is 4. The normalized spacial score (nSPS) is 16.6. The molecule has 1 unspecified atom stereocenters. The minimum absolute atomic E-state index is 0.00973. The van der Waals surface area contributed by atoms with Crippen LogP contribution in [0.25, 0.3) is 10.9 Å². The van der Waals surface area contributed by atoms with Gasteiger partial charge in [-0.05, 0) is 53.6 Å². The van der Waals surface area contributed by atoms with Crippen LogP contribution < -0.4 is 16.6 Å². The number of nitrogens with one attached hydrogen (secondary N) is 2. The van der Waals surface area contributed by atoms with Crippen molar-refractivity contribution in [2.45, 2.75) is 96.2 Å². The first-order valence-electron chi connectivity index (χ1n) is 17.8. The Kier molecular flexibility index (Phi) is 15.7. The number of carbonyl (C=O) groups excluding carboxylic acids is 4. The van der Waals surface area contributed by atoms with Gasteiger partial charge in [0.1, 0.15) is 21.7 Å². The van der Waals surface area contributed by atoms with Crippen LogP contribution in [0.15, 0.2) is 29.3 Å². The van der Waals surface area contributed by atoms with Gasteiger partial charge in [0.15, 0.2) is 11.3 Å². The van der Waals surface area contributed by atoms with Crippen molar-refractivity contribution in [2.24, 2.45) is 5.73 Å².